The SMILES string of the molecule is CC(C(=O)O)C(=O)NCc1ccc(C(F)(F)F)cc1. The van der Waals surface area contributed by atoms with Crippen LogP contribution in [-0.2, 0) is 22.3 Å². The predicted molar refractivity (Wildman–Crippen MR) is 60.1 cm³/mol. The van der Waals surface area contributed by atoms with Gasteiger partial charge < -0.3 is 10.4 Å². The molecule has 0 aromatic heterocycles. The first-order valence-electron chi connectivity index (χ1n) is 5.38. The smallest absolute Gasteiger partial charge is 0.416 e. The van der Waals surface area contributed by atoms with Crippen molar-refractivity contribution < 1.29 is 27.9 Å². The second-order valence-electron chi connectivity index (χ2n) is 3.97. The van der Waals surface area contributed by atoms with Crippen LogP contribution in [0.3, 0.4) is 0 Å². The van der Waals surface area contributed by atoms with E-state index in [4.69, 9.17) is 5.11 Å². The van der Waals surface area contributed by atoms with Gasteiger partial charge in [0.25, 0.3) is 0 Å². The molecule has 0 saturated carbocycles. The molecule has 0 aliphatic heterocycles. The quantitative estimate of drug-likeness (QED) is 0.826. The van der Waals surface area contributed by atoms with Gasteiger partial charge in [0.15, 0.2) is 0 Å². The third-order valence-electron chi connectivity index (χ3n) is 2.51. The summed E-state index contributed by atoms with van der Waals surface area (Å²) in [6, 6.07) is 4.27. The van der Waals surface area contributed by atoms with Crippen molar-refractivity contribution in [3.63, 3.8) is 0 Å². The number of aliphatic carboxylic acids is 1. The van der Waals surface area contributed by atoms with Crippen molar-refractivity contribution in [1.29, 1.82) is 0 Å². The van der Waals surface area contributed by atoms with E-state index in [-0.39, 0.29) is 6.54 Å². The van der Waals surface area contributed by atoms with Crippen molar-refractivity contribution in [2.75, 3.05) is 0 Å². The molecule has 1 aromatic carbocycles. The van der Waals surface area contributed by atoms with E-state index in [1.807, 2.05) is 0 Å². The number of carbonyl (C=O) groups excluding carboxylic acids is 1. The summed E-state index contributed by atoms with van der Waals surface area (Å²) in [6.45, 7) is 1.21. The molecule has 1 aromatic rings. The van der Waals surface area contributed by atoms with Gasteiger partial charge in [0.1, 0.15) is 5.92 Å². The molecule has 1 amide bonds. The largest absolute Gasteiger partial charge is 0.481 e. The standard InChI is InChI=1S/C12H12F3NO3/c1-7(11(18)19)10(17)16-6-8-2-4-9(5-3-8)12(13,14)15/h2-5,7H,6H2,1H3,(H,16,17)(H,18,19). The average Bonchev–Trinajstić information content (AvgIpc) is 2.34. The Labute approximate surface area is 107 Å². The number of alkyl halides is 3. The Bertz CT molecular complexity index is 468. The van der Waals surface area contributed by atoms with E-state index in [0.29, 0.717) is 5.56 Å². The van der Waals surface area contributed by atoms with E-state index >= 15 is 0 Å². The topological polar surface area (TPSA) is 66.4 Å². The Morgan fingerprint density at radius 3 is 2.21 bits per heavy atom. The third kappa shape index (κ3) is 4.27. The first-order chi connectivity index (χ1) is 8.71. The maximum absolute atomic E-state index is 12.3. The van der Waals surface area contributed by atoms with Crippen LogP contribution in [0.4, 0.5) is 13.2 Å². The number of hydrogen-bond acceptors (Lipinski definition) is 2. The second-order valence-corrected chi connectivity index (χ2v) is 3.97. The number of rotatable bonds is 4. The fraction of sp³-hybridized carbons (Fsp3) is 0.333. The summed E-state index contributed by atoms with van der Waals surface area (Å²) in [6.07, 6.45) is -4.40. The number of amides is 1. The van der Waals surface area contributed by atoms with Crippen molar-refractivity contribution in [2.45, 2.75) is 19.6 Å². The maximum Gasteiger partial charge on any atom is 0.416 e. The van der Waals surface area contributed by atoms with E-state index in [1.165, 1.54) is 19.1 Å². The van der Waals surface area contributed by atoms with E-state index in [9.17, 15) is 22.8 Å². The second kappa shape index (κ2) is 5.73. The number of halogens is 3. The summed E-state index contributed by atoms with van der Waals surface area (Å²) in [7, 11) is 0. The molecule has 7 heteroatoms. The number of carboxylic acid groups (broad SMARTS) is 1. The maximum atomic E-state index is 12.3. The Balaban J connectivity index is 2.60. The first-order valence-corrected chi connectivity index (χ1v) is 5.38. The highest BCUT2D eigenvalue weighted by molar-refractivity contribution is 5.96. The van der Waals surface area contributed by atoms with Crippen LogP contribution in [-0.4, -0.2) is 17.0 Å². The van der Waals surface area contributed by atoms with Crippen molar-refractivity contribution in [2.24, 2.45) is 5.92 Å². The molecule has 0 aliphatic rings. The highest BCUT2D eigenvalue weighted by atomic mass is 19.4. The van der Waals surface area contributed by atoms with Crippen LogP contribution in [0.15, 0.2) is 24.3 Å². The number of hydrogen-bond donors (Lipinski definition) is 2. The fourth-order valence-electron chi connectivity index (χ4n) is 1.27. The molecule has 4 nitrogen and oxygen atoms in total. The van der Waals surface area contributed by atoms with Crippen molar-refractivity contribution in [3.8, 4) is 0 Å². The zero-order valence-electron chi connectivity index (χ0n) is 9.99. The highest BCUT2D eigenvalue weighted by Gasteiger charge is 2.29. The van der Waals surface area contributed by atoms with Gasteiger partial charge >= 0.3 is 12.1 Å². The van der Waals surface area contributed by atoms with Crippen molar-refractivity contribution in [1.82, 2.24) is 5.32 Å². The van der Waals surface area contributed by atoms with Crippen LogP contribution in [0, 0.1) is 5.92 Å². The molecule has 19 heavy (non-hydrogen) atoms. The van der Waals surface area contributed by atoms with Crippen LogP contribution < -0.4 is 5.32 Å². The van der Waals surface area contributed by atoms with Gasteiger partial charge in [-0.2, -0.15) is 13.2 Å². The van der Waals surface area contributed by atoms with Gasteiger partial charge in [-0.3, -0.25) is 9.59 Å². The molecule has 104 valence electrons. The van der Waals surface area contributed by atoms with Crippen molar-refractivity contribution >= 4 is 11.9 Å². The average molecular weight is 275 g/mol. The van der Waals surface area contributed by atoms with Crippen LogP contribution in [0.5, 0.6) is 0 Å². The van der Waals surface area contributed by atoms with E-state index in [0.717, 1.165) is 12.1 Å². The molecular formula is C12H12F3NO3. The van der Waals surface area contributed by atoms with Gasteiger partial charge in [0, 0.05) is 6.54 Å². The predicted octanol–water partition coefficient (Wildman–Crippen LogP) is 2.04. The van der Waals surface area contributed by atoms with Gasteiger partial charge in [-0.25, -0.2) is 0 Å². The zero-order valence-corrected chi connectivity index (χ0v) is 9.99. The Morgan fingerprint density at radius 2 is 1.79 bits per heavy atom. The molecule has 2 N–H and O–H groups in total. The highest BCUT2D eigenvalue weighted by Crippen LogP contribution is 2.28. The van der Waals surface area contributed by atoms with Gasteiger partial charge in [-0.05, 0) is 24.6 Å². The van der Waals surface area contributed by atoms with Crippen LogP contribution in [0.1, 0.15) is 18.1 Å². The summed E-state index contributed by atoms with van der Waals surface area (Å²) in [5, 5.41) is 10.9. The number of carboxylic acids is 1. The van der Waals surface area contributed by atoms with E-state index < -0.39 is 29.5 Å². The monoisotopic (exact) mass is 275 g/mol. The summed E-state index contributed by atoms with van der Waals surface area (Å²) in [5.41, 5.74) is -0.319. The van der Waals surface area contributed by atoms with Crippen LogP contribution in [0.25, 0.3) is 0 Å². The first kappa shape index (κ1) is 15.0. The minimum absolute atomic E-state index is 0.0193. The molecule has 0 spiro atoms. The summed E-state index contributed by atoms with van der Waals surface area (Å²) >= 11 is 0. The Morgan fingerprint density at radius 1 is 1.26 bits per heavy atom. The lowest BCUT2D eigenvalue weighted by Gasteiger charge is -2.10. The normalized spacial score (nSPS) is 12.8. The fourth-order valence-corrected chi connectivity index (χ4v) is 1.27. The molecule has 0 radical (unpaired) electrons. The Hall–Kier alpha value is -2.05. The molecule has 1 unspecified atom stereocenters. The minimum Gasteiger partial charge on any atom is -0.481 e. The van der Waals surface area contributed by atoms with Crippen molar-refractivity contribution in [3.05, 3.63) is 35.4 Å². The number of nitrogens with one attached hydrogen (secondary N) is 1. The zero-order chi connectivity index (χ0) is 14.6. The van der Waals surface area contributed by atoms with E-state index in [2.05, 4.69) is 5.32 Å². The minimum atomic E-state index is -4.40. The summed E-state index contributed by atoms with van der Waals surface area (Å²) < 4.78 is 36.9. The molecule has 0 saturated heterocycles. The summed E-state index contributed by atoms with van der Waals surface area (Å²) in [5.74, 6) is -3.15. The van der Waals surface area contributed by atoms with Gasteiger partial charge in [0.05, 0.1) is 5.56 Å². The molecular weight excluding hydrogens is 263 g/mol. The molecule has 1 rings (SSSR count). The lowest BCUT2D eigenvalue weighted by atomic mass is 10.1. The Kier molecular flexibility index (Phi) is 4.52. The third-order valence-corrected chi connectivity index (χ3v) is 2.51. The van der Waals surface area contributed by atoms with Crippen LogP contribution >= 0.6 is 0 Å². The molecule has 0 fully saturated rings. The number of carbonyl (C=O) groups is 2. The number of benzene rings is 1. The van der Waals surface area contributed by atoms with E-state index in [1.54, 1.807) is 0 Å². The summed E-state index contributed by atoms with van der Waals surface area (Å²) in [4.78, 5) is 21.8. The lowest BCUT2D eigenvalue weighted by Crippen LogP contribution is -2.33. The van der Waals surface area contributed by atoms with Crippen LogP contribution in [0.2, 0.25) is 0 Å². The molecule has 0 bridgehead atoms. The molecule has 1 atom stereocenters. The lowest BCUT2D eigenvalue weighted by molar-refractivity contribution is -0.146. The van der Waals surface area contributed by atoms with Gasteiger partial charge in [-0.15, -0.1) is 0 Å². The van der Waals surface area contributed by atoms with Gasteiger partial charge in [-0.1, -0.05) is 12.1 Å². The molecule has 0 heterocycles. The van der Waals surface area contributed by atoms with Gasteiger partial charge in [0.2, 0.25) is 5.91 Å². The molecule has 0 aliphatic carbocycles.